The van der Waals surface area contributed by atoms with Gasteiger partial charge in [0.25, 0.3) is 0 Å². The standard InChI is InChI=1S/C18H34N2/c1-3-19-18-9-4-14(2)10-17(18)13-20(11-15-5-6-15)12-16-7-8-16/h14-19H,3-13H2,1-2H3. The summed E-state index contributed by atoms with van der Waals surface area (Å²) in [5.74, 6) is 3.94. The van der Waals surface area contributed by atoms with E-state index in [4.69, 9.17) is 0 Å². The Morgan fingerprint density at radius 2 is 1.55 bits per heavy atom. The number of hydrogen-bond acceptors (Lipinski definition) is 2. The van der Waals surface area contributed by atoms with Crippen LogP contribution in [0.1, 0.15) is 58.8 Å². The Balaban J connectivity index is 1.54. The van der Waals surface area contributed by atoms with Crippen molar-refractivity contribution in [3.63, 3.8) is 0 Å². The molecule has 1 N–H and O–H groups in total. The maximum Gasteiger partial charge on any atom is 0.0108 e. The molecular formula is C18H34N2. The Bertz CT molecular complexity index is 282. The van der Waals surface area contributed by atoms with Gasteiger partial charge in [0.2, 0.25) is 0 Å². The third-order valence-electron chi connectivity index (χ3n) is 5.63. The fourth-order valence-electron chi connectivity index (χ4n) is 4.12. The van der Waals surface area contributed by atoms with Crippen molar-refractivity contribution >= 4 is 0 Å². The molecule has 2 nitrogen and oxygen atoms in total. The van der Waals surface area contributed by atoms with E-state index in [-0.39, 0.29) is 0 Å². The van der Waals surface area contributed by atoms with Crippen molar-refractivity contribution in [3.8, 4) is 0 Å². The molecule has 3 unspecified atom stereocenters. The molecule has 3 aliphatic carbocycles. The van der Waals surface area contributed by atoms with Gasteiger partial charge in [0.15, 0.2) is 0 Å². The monoisotopic (exact) mass is 278 g/mol. The first-order valence-corrected chi connectivity index (χ1v) is 9.20. The van der Waals surface area contributed by atoms with Gasteiger partial charge in [0.05, 0.1) is 0 Å². The van der Waals surface area contributed by atoms with Crippen molar-refractivity contribution in [3.05, 3.63) is 0 Å². The second-order valence-electron chi connectivity index (χ2n) is 7.95. The summed E-state index contributed by atoms with van der Waals surface area (Å²) in [4.78, 5) is 2.85. The molecule has 0 aromatic rings. The molecule has 3 saturated carbocycles. The summed E-state index contributed by atoms with van der Waals surface area (Å²) in [6.45, 7) is 10.0. The molecule has 3 atom stereocenters. The average Bonchev–Trinajstić information content (AvgIpc) is 3.29. The molecule has 116 valence electrons. The predicted octanol–water partition coefficient (Wildman–Crippen LogP) is 3.52. The number of nitrogens with one attached hydrogen (secondary N) is 1. The van der Waals surface area contributed by atoms with Crippen molar-refractivity contribution in [2.45, 2.75) is 64.8 Å². The SMILES string of the molecule is CCNC1CCC(C)CC1CN(CC1CC1)CC1CC1. The van der Waals surface area contributed by atoms with E-state index in [1.807, 2.05) is 0 Å². The third-order valence-corrected chi connectivity index (χ3v) is 5.63. The van der Waals surface area contributed by atoms with Gasteiger partial charge in [0.1, 0.15) is 0 Å². The third kappa shape index (κ3) is 4.46. The lowest BCUT2D eigenvalue weighted by atomic mass is 9.78. The van der Waals surface area contributed by atoms with Gasteiger partial charge in [0, 0.05) is 25.7 Å². The Hall–Kier alpha value is -0.0800. The maximum atomic E-state index is 3.77. The van der Waals surface area contributed by atoms with Crippen LogP contribution in [-0.2, 0) is 0 Å². The summed E-state index contributed by atoms with van der Waals surface area (Å²) >= 11 is 0. The van der Waals surface area contributed by atoms with E-state index >= 15 is 0 Å². The quantitative estimate of drug-likeness (QED) is 0.731. The summed E-state index contributed by atoms with van der Waals surface area (Å²) < 4.78 is 0. The first kappa shape index (κ1) is 14.8. The van der Waals surface area contributed by atoms with Crippen LogP contribution < -0.4 is 5.32 Å². The Labute approximate surface area is 125 Å². The zero-order valence-electron chi connectivity index (χ0n) is 13.6. The number of rotatable bonds is 8. The largest absolute Gasteiger partial charge is 0.314 e. The summed E-state index contributed by atoms with van der Waals surface area (Å²) in [7, 11) is 0. The average molecular weight is 278 g/mol. The van der Waals surface area contributed by atoms with Gasteiger partial charge in [-0.15, -0.1) is 0 Å². The van der Waals surface area contributed by atoms with Crippen LogP contribution >= 0.6 is 0 Å². The lowest BCUT2D eigenvalue weighted by Crippen LogP contribution is -2.46. The Kier molecular flexibility index (Phi) is 5.04. The van der Waals surface area contributed by atoms with Crippen molar-refractivity contribution in [2.24, 2.45) is 23.7 Å². The number of hydrogen-bond donors (Lipinski definition) is 1. The summed E-state index contributed by atoms with van der Waals surface area (Å²) in [6.07, 6.45) is 10.3. The zero-order chi connectivity index (χ0) is 13.9. The fourth-order valence-corrected chi connectivity index (χ4v) is 4.12. The van der Waals surface area contributed by atoms with Crippen molar-refractivity contribution in [2.75, 3.05) is 26.2 Å². The van der Waals surface area contributed by atoms with Gasteiger partial charge in [-0.05, 0) is 75.2 Å². The van der Waals surface area contributed by atoms with Crippen LogP contribution in [0.3, 0.4) is 0 Å². The normalized spacial score (nSPS) is 34.6. The van der Waals surface area contributed by atoms with Gasteiger partial charge < -0.3 is 10.2 Å². The van der Waals surface area contributed by atoms with E-state index in [2.05, 4.69) is 24.1 Å². The molecule has 0 saturated heterocycles. The molecule has 3 rings (SSSR count). The highest BCUT2D eigenvalue weighted by atomic mass is 15.1. The second-order valence-corrected chi connectivity index (χ2v) is 7.95. The Morgan fingerprint density at radius 1 is 0.900 bits per heavy atom. The van der Waals surface area contributed by atoms with E-state index in [0.29, 0.717) is 0 Å². The van der Waals surface area contributed by atoms with Gasteiger partial charge in [-0.2, -0.15) is 0 Å². The van der Waals surface area contributed by atoms with Crippen molar-refractivity contribution in [1.29, 1.82) is 0 Å². The van der Waals surface area contributed by atoms with Gasteiger partial charge >= 0.3 is 0 Å². The van der Waals surface area contributed by atoms with Crippen LogP contribution in [-0.4, -0.2) is 37.1 Å². The van der Waals surface area contributed by atoms with Gasteiger partial charge in [-0.25, -0.2) is 0 Å². The fraction of sp³-hybridized carbons (Fsp3) is 1.00. The van der Waals surface area contributed by atoms with Gasteiger partial charge in [-0.1, -0.05) is 13.8 Å². The zero-order valence-corrected chi connectivity index (χ0v) is 13.6. The van der Waals surface area contributed by atoms with Gasteiger partial charge in [-0.3, -0.25) is 0 Å². The van der Waals surface area contributed by atoms with Crippen molar-refractivity contribution < 1.29 is 0 Å². The first-order valence-electron chi connectivity index (χ1n) is 9.20. The second kappa shape index (κ2) is 6.79. The Morgan fingerprint density at radius 3 is 2.10 bits per heavy atom. The van der Waals surface area contributed by atoms with E-state index in [1.54, 1.807) is 0 Å². The van der Waals surface area contributed by atoms with Crippen LogP contribution in [0.15, 0.2) is 0 Å². The van der Waals surface area contributed by atoms with Crippen molar-refractivity contribution in [1.82, 2.24) is 10.2 Å². The first-order chi connectivity index (χ1) is 9.74. The minimum atomic E-state index is 0.789. The minimum Gasteiger partial charge on any atom is -0.314 e. The van der Waals surface area contributed by atoms with E-state index in [0.717, 1.165) is 36.3 Å². The lowest BCUT2D eigenvalue weighted by molar-refractivity contribution is 0.138. The summed E-state index contributed by atoms with van der Waals surface area (Å²) in [5, 5.41) is 3.77. The molecule has 3 aliphatic rings. The van der Waals surface area contributed by atoms with E-state index in [1.165, 1.54) is 64.6 Å². The number of nitrogens with zero attached hydrogens (tertiary/aromatic N) is 1. The lowest BCUT2D eigenvalue weighted by Gasteiger charge is -2.38. The van der Waals surface area contributed by atoms with Crippen LogP contribution in [0.5, 0.6) is 0 Å². The molecule has 0 amide bonds. The topological polar surface area (TPSA) is 15.3 Å². The predicted molar refractivity (Wildman–Crippen MR) is 85.9 cm³/mol. The maximum absolute atomic E-state index is 3.77. The molecular weight excluding hydrogens is 244 g/mol. The molecule has 0 aromatic heterocycles. The molecule has 0 spiro atoms. The molecule has 0 aliphatic heterocycles. The molecule has 2 heteroatoms. The highest BCUT2D eigenvalue weighted by Gasteiger charge is 2.33. The molecule has 0 heterocycles. The summed E-state index contributed by atoms with van der Waals surface area (Å²) in [6, 6.07) is 0.789. The van der Waals surface area contributed by atoms with Crippen LogP contribution in [0.2, 0.25) is 0 Å². The molecule has 3 fully saturated rings. The van der Waals surface area contributed by atoms with E-state index < -0.39 is 0 Å². The molecule has 20 heavy (non-hydrogen) atoms. The molecule has 0 aromatic carbocycles. The highest BCUT2D eigenvalue weighted by Crippen LogP contribution is 2.36. The van der Waals surface area contributed by atoms with Crippen LogP contribution in [0, 0.1) is 23.7 Å². The summed E-state index contributed by atoms with van der Waals surface area (Å²) in [5.41, 5.74) is 0. The van der Waals surface area contributed by atoms with E-state index in [9.17, 15) is 0 Å². The minimum absolute atomic E-state index is 0.789. The van der Waals surface area contributed by atoms with Crippen LogP contribution in [0.4, 0.5) is 0 Å². The smallest absolute Gasteiger partial charge is 0.0108 e. The van der Waals surface area contributed by atoms with Crippen LogP contribution in [0.25, 0.3) is 0 Å². The molecule has 0 radical (unpaired) electrons. The molecule has 0 bridgehead atoms. The highest BCUT2D eigenvalue weighted by molar-refractivity contribution is 4.88.